The van der Waals surface area contributed by atoms with Crippen LogP contribution in [0.3, 0.4) is 0 Å². The number of anilines is 1. The Kier molecular flexibility index (Phi) is 4.19. The van der Waals surface area contributed by atoms with Crippen molar-refractivity contribution in [3.8, 4) is 11.5 Å². The molecule has 2 rings (SSSR count). The molecule has 0 saturated heterocycles. The molecule has 0 aromatic heterocycles. The molecule has 6 heteroatoms. The first-order valence-electron chi connectivity index (χ1n) is 6.42. The zero-order valence-electron chi connectivity index (χ0n) is 10.9. The Morgan fingerprint density at radius 1 is 1.26 bits per heavy atom. The average molecular weight is 285 g/mol. The Morgan fingerprint density at radius 2 is 1.95 bits per heavy atom. The summed E-state index contributed by atoms with van der Waals surface area (Å²) in [6.45, 7) is 0. The molecule has 1 aliphatic carbocycles. The first-order chi connectivity index (χ1) is 9.04. The van der Waals surface area contributed by atoms with Crippen LogP contribution >= 0.6 is 0 Å². The van der Waals surface area contributed by atoms with E-state index in [0.717, 1.165) is 19.3 Å². The highest BCUT2D eigenvalue weighted by Crippen LogP contribution is 2.35. The third kappa shape index (κ3) is 3.12. The van der Waals surface area contributed by atoms with E-state index >= 15 is 0 Å². The smallest absolute Gasteiger partial charge is 0.235 e. The topological polar surface area (TPSA) is 75.6 Å². The highest BCUT2D eigenvalue weighted by Gasteiger charge is 2.28. The molecule has 106 valence electrons. The lowest BCUT2D eigenvalue weighted by Crippen LogP contribution is -2.29. The highest BCUT2D eigenvalue weighted by atomic mass is 32.2. The van der Waals surface area contributed by atoms with Crippen molar-refractivity contribution in [3.05, 3.63) is 18.2 Å². The van der Waals surface area contributed by atoms with Crippen LogP contribution in [0.5, 0.6) is 11.5 Å². The van der Waals surface area contributed by atoms with Gasteiger partial charge in [0.05, 0.1) is 12.4 Å². The molecule has 5 nitrogen and oxygen atoms in total. The Balaban J connectivity index is 2.24. The fraction of sp³-hybridized carbons (Fsp3) is 0.538. The van der Waals surface area contributed by atoms with E-state index in [4.69, 9.17) is 4.74 Å². The Labute approximate surface area is 113 Å². The molecule has 0 unspecified atom stereocenters. The van der Waals surface area contributed by atoms with Gasteiger partial charge < -0.3 is 9.84 Å². The van der Waals surface area contributed by atoms with Crippen LogP contribution in [0.15, 0.2) is 18.2 Å². The van der Waals surface area contributed by atoms with Crippen molar-refractivity contribution in [1.29, 1.82) is 0 Å². The Bertz CT molecular complexity index is 536. The van der Waals surface area contributed by atoms with Crippen LogP contribution in [0.1, 0.15) is 32.1 Å². The molecule has 1 fully saturated rings. The van der Waals surface area contributed by atoms with E-state index in [9.17, 15) is 13.5 Å². The number of phenolic OH excluding ortho intramolecular Hbond substituents is 1. The predicted molar refractivity (Wildman–Crippen MR) is 74.1 cm³/mol. The molecule has 2 N–H and O–H groups in total. The van der Waals surface area contributed by atoms with E-state index in [1.165, 1.54) is 13.2 Å². The van der Waals surface area contributed by atoms with E-state index in [-0.39, 0.29) is 16.7 Å². The third-order valence-electron chi connectivity index (χ3n) is 3.46. The average Bonchev–Trinajstić information content (AvgIpc) is 2.42. The summed E-state index contributed by atoms with van der Waals surface area (Å²) in [6.07, 6.45) is 4.30. The molecular formula is C13H19NO4S. The van der Waals surface area contributed by atoms with Crippen LogP contribution in [0.2, 0.25) is 0 Å². The standard InChI is InChI=1S/C13H19NO4S/c1-18-12-9-5-8-11(15)13(12)14-19(16,17)10-6-3-2-4-7-10/h5,8-10,14-15H,2-4,6-7H2,1H3. The van der Waals surface area contributed by atoms with Crippen LogP contribution in [-0.2, 0) is 10.0 Å². The van der Waals surface area contributed by atoms with Gasteiger partial charge in [0.2, 0.25) is 10.0 Å². The Hall–Kier alpha value is -1.43. The molecule has 0 amide bonds. The molecule has 0 atom stereocenters. The number of sulfonamides is 1. The van der Waals surface area contributed by atoms with Crippen LogP contribution in [0.4, 0.5) is 5.69 Å². The maximum Gasteiger partial charge on any atom is 0.235 e. The van der Waals surface area contributed by atoms with Gasteiger partial charge in [0.1, 0.15) is 17.2 Å². The fourth-order valence-corrected chi connectivity index (χ4v) is 4.00. The van der Waals surface area contributed by atoms with Crippen molar-refractivity contribution in [3.63, 3.8) is 0 Å². The molecule has 0 bridgehead atoms. The van der Waals surface area contributed by atoms with Crippen LogP contribution in [0, 0.1) is 0 Å². The molecule has 1 saturated carbocycles. The molecule has 0 heterocycles. The second kappa shape index (κ2) is 5.69. The number of benzene rings is 1. The molecule has 0 spiro atoms. The summed E-state index contributed by atoms with van der Waals surface area (Å²) in [6, 6.07) is 4.65. The summed E-state index contributed by atoms with van der Waals surface area (Å²) in [5.74, 6) is 0.193. The lowest BCUT2D eigenvalue weighted by Gasteiger charge is -2.23. The van der Waals surface area contributed by atoms with Gasteiger partial charge in [-0.15, -0.1) is 0 Å². The second-order valence-corrected chi connectivity index (χ2v) is 6.72. The first kappa shape index (κ1) is 14.0. The van der Waals surface area contributed by atoms with Gasteiger partial charge in [-0.3, -0.25) is 4.72 Å². The quantitative estimate of drug-likeness (QED) is 0.833. The zero-order chi connectivity index (χ0) is 13.9. The van der Waals surface area contributed by atoms with E-state index in [1.54, 1.807) is 12.1 Å². The monoisotopic (exact) mass is 285 g/mol. The molecule has 1 aliphatic rings. The summed E-state index contributed by atoms with van der Waals surface area (Å²) in [5, 5.41) is 9.39. The van der Waals surface area contributed by atoms with E-state index in [2.05, 4.69) is 4.72 Å². The van der Waals surface area contributed by atoms with Crippen molar-refractivity contribution >= 4 is 15.7 Å². The summed E-state index contributed by atoms with van der Waals surface area (Å²) in [4.78, 5) is 0. The van der Waals surface area contributed by atoms with Gasteiger partial charge in [-0.05, 0) is 25.0 Å². The summed E-state index contributed by atoms with van der Waals surface area (Å²) in [7, 11) is -2.04. The molecule has 1 aromatic rings. The normalized spacial score (nSPS) is 17.1. The number of hydrogen-bond donors (Lipinski definition) is 2. The number of para-hydroxylation sites is 1. The Morgan fingerprint density at radius 3 is 2.58 bits per heavy atom. The number of methoxy groups -OCH3 is 1. The van der Waals surface area contributed by atoms with Gasteiger partial charge in [-0.2, -0.15) is 0 Å². The minimum atomic E-state index is -3.48. The number of ether oxygens (including phenoxy) is 1. The van der Waals surface area contributed by atoms with E-state index in [0.29, 0.717) is 18.6 Å². The van der Waals surface area contributed by atoms with Crippen molar-refractivity contribution in [2.45, 2.75) is 37.4 Å². The highest BCUT2D eigenvalue weighted by molar-refractivity contribution is 7.93. The second-order valence-electron chi connectivity index (χ2n) is 4.76. The largest absolute Gasteiger partial charge is 0.506 e. The summed E-state index contributed by atoms with van der Waals surface area (Å²) in [5.41, 5.74) is 0.121. The number of nitrogens with one attached hydrogen (secondary N) is 1. The van der Waals surface area contributed by atoms with Crippen molar-refractivity contribution < 1.29 is 18.3 Å². The van der Waals surface area contributed by atoms with Crippen molar-refractivity contribution in [2.24, 2.45) is 0 Å². The fourth-order valence-electron chi connectivity index (χ4n) is 2.39. The SMILES string of the molecule is COc1cccc(O)c1NS(=O)(=O)C1CCCCC1. The van der Waals surface area contributed by atoms with Gasteiger partial charge in [0.15, 0.2) is 0 Å². The third-order valence-corrected chi connectivity index (χ3v) is 5.30. The van der Waals surface area contributed by atoms with Gasteiger partial charge in [0.25, 0.3) is 0 Å². The van der Waals surface area contributed by atoms with Gasteiger partial charge in [-0.25, -0.2) is 8.42 Å². The number of phenols is 1. The molecule has 19 heavy (non-hydrogen) atoms. The van der Waals surface area contributed by atoms with E-state index < -0.39 is 10.0 Å². The number of aromatic hydroxyl groups is 1. The zero-order valence-corrected chi connectivity index (χ0v) is 11.7. The predicted octanol–water partition coefficient (Wildman–Crippen LogP) is 2.48. The lowest BCUT2D eigenvalue weighted by molar-refractivity contribution is 0.410. The molecule has 0 radical (unpaired) electrons. The summed E-state index contributed by atoms with van der Waals surface area (Å²) >= 11 is 0. The van der Waals surface area contributed by atoms with E-state index in [1.807, 2.05) is 0 Å². The maximum atomic E-state index is 12.3. The van der Waals surface area contributed by atoms with Crippen LogP contribution < -0.4 is 9.46 Å². The van der Waals surface area contributed by atoms with Crippen molar-refractivity contribution in [1.82, 2.24) is 0 Å². The minimum Gasteiger partial charge on any atom is -0.506 e. The van der Waals surface area contributed by atoms with Crippen molar-refractivity contribution in [2.75, 3.05) is 11.8 Å². The van der Waals surface area contributed by atoms with Gasteiger partial charge >= 0.3 is 0 Å². The summed E-state index contributed by atoms with van der Waals surface area (Å²) < 4.78 is 32.1. The first-order valence-corrected chi connectivity index (χ1v) is 7.97. The molecular weight excluding hydrogens is 266 g/mol. The number of rotatable bonds is 4. The van der Waals surface area contributed by atoms with Gasteiger partial charge in [-0.1, -0.05) is 25.3 Å². The van der Waals surface area contributed by atoms with Crippen LogP contribution in [-0.4, -0.2) is 25.9 Å². The molecule has 0 aliphatic heterocycles. The number of hydrogen-bond acceptors (Lipinski definition) is 4. The molecule has 1 aromatic carbocycles. The maximum absolute atomic E-state index is 12.3. The van der Waals surface area contributed by atoms with Gasteiger partial charge in [0, 0.05) is 0 Å². The van der Waals surface area contributed by atoms with Crippen LogP contribution in [0.25, 0.3) is 0 Å². The minimum absolute atomic E-state index is 0.121. The lowest BCUT2D eigenvalue weighted by atomic mass is 10.0.